The molecule has 30 heavy (non-hydrogen) atoms. The van der Waals surface area contributed by atoms with Crippen LogP contribution in [0.25, 0.3) is 0 Å². The summed E-state index contributed by atoms with van der Waals surface area (Å²) in [5.74, 6) is 1.97. The van der Waals surface area contributed by atoms with Crippen molar-refractivity contribution in [1.29, 1.82) is 0 Å². The molecule has 2 aromatic carbocycles. The fourth-order valence-corrected chi connectivity index (χ4v) is 4.24. The molecule has 3 aromatic rings. The summed E-state index contributed by atoms with van der Waals surface area (Å²) < 4.78 is 10.7. The molecule has 1 amide bonds. The number of methoxy groups -OCH3 is 1. The Kier molecular flexibility index (Phi) is 6.50. The summed E-state index contributed by atoms with van der Waals surface area (Å²) in [5, 5.41) is 3.05. The number of amides is 1. The quantitative estimate of drug-likeness (QED) is 0.641. The van der Waals surface area contributed by atoms with E-state index in [0.29, 0.717) is 12.5 Å². The molecular weight excluding hydrogens is 376 g/mol. The minimum atomic E-state index is -0.0653. The van der Waals surface area contributed by atoms with Gasteiger partial charge in [0, 0.05) is 19.6 Å². The minimum Gasteiger partial charge on any atom is -0.497 e. The van der Waals surface area contributed by atoms with Crippen molar-refractivity contribution >= 4 is 5.91 Å². The number of ether oxygens (including phenoxy) is 1. The van der Waals surface area contributed by atoms with Crippen LogP contribution in [-0.2, 0) is 17.9 Å². The number of piperidine rings is 1. The number of hydrogen-bond donors (Lipinski definition) is 1. The molecule has 1 aliphatic rings. The highest BCUT2D eigenvalue weighted by Gasteiger charge is 2.32. The second kappa shape index (κ2) is 9.63. The topological polar surface area (TPSA) is 54.7 Å². The lowest BCUT2D eigenvalue weighted by atomic mass is 9.84. The summed E-state index contributed by atoms with van der Waals surface area (Å²) in [4.78, 5) is 15.4. The molecule has 5 nitrogen and oxygen atoms in total. The van der Waals surface area contributed by atoms with Gasteiger partial charge in [0.15, 0.2) is 0 Å². The standard InChI is InChI=1S/C25H28N2O3/c1-29-23-10-5-7-19(13-23)16-27-17-21(20-8-3-2-4-9-20)14-22(18-27)25(28)26-15-24-11-6-12-30-24/h2-13,21-22H,14-18H2,1H3,(H,26,28). The zero-order valence-electron chi connectivity index (χ0n) is 17.3. The molecular formula is C25H28N2O3. The maximum absolute atomic E-state index is 13.0. The predicted molar refractivity (Wildman–Crippen MR) is 116 cm³/mol. The highest BCUT2D eigenvalue weighted by atomic mass is 16.5. The van der Waals surface area contributed by atoms with Crippen LogP contribution in [0.4, 0.5) is 0 Å². The zero-order chi connectivity index (χ0) is 20.8. The molecule has 0 spiro atoms. The lowest BCUT2D eigenvalue weighted by Crippen LogP contribution is -2.45. The summed E-state index contributed by atoms with van der Waals surface area (Å²) in [6, 6.07) is 22.4. The van der Waals surface area contributed by atoms with Crippen LogP contribution < -0.4 is 10.1 Å². The van der Waals surface area contributed by atoms with Crippen molar-refractivity contribution in [2.45, 2.75) is 25.4 Å². The first-order valence-corrected chi connectivity index (χ1v) is 10.4. The van der Waals surface area contributed by atoms with Crippen molar-refractivity contribution in [3.05, 3.63) is 89.9 Å². The fraction of sp³-hybridized carbons (Fsp3) is 0.320. The van der Waals surface area contributed by atoms with E-state index in [2.05, 4.69) is 46.6 Å². The largest absolute Gasteiger partial charge is 0.497 e. The molecule has 1 fully saturated rings. The van der Waals surface area contributed by atoms with E-state index in [1.807, 2.05) is 30.3 Å². The maximum atomic E-state index is 13.0. The molecule has 1 aromatic heterocycles. The molecule has 0 bridgehead atoms. The number of benzene rings is 2. The van der Waals surface area contributed by atoms with E-state index < -0.39 is 0 Å². The van der Waals surface area contributed by atoms with Crippen LogP contribution in [0.1, 0.15) is 29.2 Å². The third kappa shape index (κ3) is 5.10. The van der Waals surface area contributed by atoms with Crippen LogP contribution in [0, 0.1) is 5.92 Å². The van der Waals surface area contributed by atoms with Crippen LogP contribution in [0.2, 0.25) is 0 Å². The second-order valence-electron chi connectivity index (χ2n) is 7.88. The van der Waals surface area contributed by atoms with E-state index in [1.165, 1.54) is 11.1 Å². The Bertz CT molecular complexity index is 940. The zero-order valence-corrected chi connectivity index (χ0v) is 17.3. The van der Waals surface area contributed by atoms with Crippen molar-refractivity contribution < 1.29 is 13.9 Å². The average molecular weight is 405 g/mol. The fourth-order valence-electron chi connectivity index (χ4n) is 4.24. The third-order valence-corrected chi connectivity index (χ3v) is 5.73. The smallest absolute Gasteiger partial charge is 0.224 e. The van der Waals surface area contributed by atoms with Crippen LogP contribution in [0.15, 0.2) is 77.4 Å². The Morgan fingerprint density at radius 1 is 1.10 bits per heavy atom. The Balaban J connectivity index is 1.48. The van der Waals surface area contributed by atoms with Crippen LogP contribution in [0.3, 0.4) is 0 Å². The SMILES string of the molecule is COc1cccc(CN2CC(C(=O)NCc3ccco3)CC(c3ccccc3)C2)c1. The number of likely N-dealkylation sites (tertiary alicyclic amines) is 1. The number of carbonyl (C=O) groups is 1. The summed E-state index contributed by atoms with van der Waals surface area (Å²) in [7, 11) is 1.69. The minimum absolute atomic E-state index is 0.0653. The predicted octanol–water partition coefficient (Wildman–Crippen LogP) is 4.21. The number of rotatable bonds is 7. The Morgan fingerprint density at radius 2 is 1.97 bits per heavy atom. The van der Waals surface area contributed by atoms with Crippen LogP contribution in [0.5, 0.6) is 5.75 Å². The Morgan fingerprint density at radius 3 is 2.73 bits per heavy atom. The number of furan rings is 1. The number of nitrogens with one attached hydrogen (secondary N) is 1. The molecule has 2 atom stereocenters. The average Bonchev–Trinajstić information content (AvgIpc) is 3.32. The van der Waals surface area contributed by atoms with E-state index in [0.717, 1.165) is 37.6 Å². The third-order valence-electron chi connectivity index (χ3n) is 5.73. The molecule has 5 heteroatoms. The van der Waals surface area contributed by atoms with Gasteiger partial charge in [0.1, 0.15) is 11.5 Å². The summed E-state index contributed by atoms with van der Waals surface area (Å²) >= 11 is 0. The molecule has 2 unspecified atom stereocenters. The molecule has 156 valence electrons. The van der Waals surface area contributed by atoms with Gasteiger partial charge >= 0.3 is 0 Å². The van der Waals surface area contributed by atoms with E-state index >= 15 is 0 Å². The van der Waals surface area contributed by atoms with Crippen molar-refractivity contribution in [3.63, 3.8) is 0 Å². The van der Waals surface area contributed by atoms with Crippen molar-refractivity contribution in [2.24, 2.45) is 5.92 Å². The lowest BCUT2D eigenvalue weighted by Gasteiger charge is -2.37. The molecule has 0 radical (unpaired) electrons. The van der Waals surface area contributed by atoms with Crippen molar-refractivity contribution in [1.82, 2.24) is 10.2 Å². The maximum Gasteiger partial charge on any atom is 0.224 e. The number of hydrogen-bond acceptors (Lipinski definition) is 4. The van der Waals surface area contributed by atoms with Gasteiger partial charge in [0.05, 0.1) is 25.8 Å². The van der Waals surface area contributed by atoms with Crippen molar-refractivity contribution in [2.75, 3.05) is 20.2 Å². The van der Waals surface area contributed by atoms with Gasteiger partial charge in [-0.1, -0.05) is 42.5 Å². The van der Waals surface area contributed by atoms with Gasteiger partial charge in [-0.05, 0) is 47.7 Å². The molecule has 1 saturated heterocycles. The van der Waals surface area contributed by atoms with Gasteiger partial charge < -0.3 is 14.5 Å². The number of carbonyl (C=O) groups excluding carboxylic acids is 1. The highest BCUT2D eigenvalue weighted by Crippen LogP contribution is 2.31. The first kappa shape index (κ1) is 20.2. The van der Waals surface area contributed by atoms with Crippen LogP contribution >= 0.6 is 0 Å². The van der Waals surface area contributed by atoms with Gasteiger partial charge in [-0.2, -0.15) is 0 Å². The van der Waals surface area contributed by atoms with E-state index in [1.54, 1.807) is 13.4 Å². The first-order valence-electron chi connectivity index (χ1n) is 10.4. The summed E-state index contributed by atoms with van der Waals surface area (Å²) in [6.07, 6.45) is 2.48. The Hall–Kier alpha value is -3.05. The summed E-state index contributed by atoms with van der Waals surface area (Å²) in [6.45, 7) is 2.89. The van der Waals surface area contributed by atoms with Gasteiger partial charge in [-0.15, -0.1) is 0 Å². The van der Waals surface area contributed by atoms with Gasteiger partial charge in [-0.3, -0.25) is 9.69 Å². The molecule has 4 rings (SSSR count). The summed E-state index contributed by atoms with van der Waals surface area (Å²) in [5.41, 5.74) is 2.48. The lowest BCUT2D eigenvalue weighted by molar-refractivity contribution is -0.127. The Labute approximate surface area is 177 Å². The first-order chi connectivity index (χ1) is 14.7. The van der Waals surface area contributed by atoms with Gasteiger partial charge in [0.2, 0.25) is 5.91 Å². The van der Waals surface area contributed by atoms with Crippen molar-refractivity contribution in [3.8, 4) is 5.75 Å². The normalized spacial score (nSPS) is 19.4. The molecule has 0 saturated carbocycles. The number of nitrogens with zero attached hydrogens (tertiary/aromatic N) is 1. The van der Waals surface area contributed by atoms with E-state index in [4.69, 9.17) is 9.15 Å². The van der Waals surface area contributed by atoms with Gasteiger partial charge in [-0.25, -0.2) is 0 Å². The highest BCUT2D eigenvalue weighted by molar-refractivity contribution is 5.79. The molecule has 1 aliphatic heterocycles. The molecule has 1 N–H and O–H groups in total. The van der Waals surface area contributed by atoms with E-state index in [9.17, 15) is 4.79 Å². The molecule has 2 heterocycles. The second-order valence-corrected chi connectivity index (χ2v) is 7.88. The monoisotopic (exact) mass is 404 g/mol. The van der Waals surface area contributed by atoms with Crippen LogP contribution in [-0.4, -0.2) is 31.0 Å². The molecule has 0 aliphatic carbocycles. The van der Waals surface area contributed by atoms with E-state index in [-0.39, 0.29) is 11.8 Å². The van der Waals surface area contributed by atoms with Gasteiger partial charge in [0.25, 0.3) is 0 Å².